The zero-order chi connectivity index (χ0) is 19.9. The van der Waals surface area contributed by atoms with Crippen LogP contribution in [-0.2, 0) is 6.54 Å². The second-order valence-electron chi connectivity index (χ2n) is 7.28. The van der Waals surface area contributed by atoms with Gasteiger partial charge in [0.05, 0.1) is 7.11 Å². The number of rotatable bonds is 7. The minimum Gasteiger partial charge on any atom is -0.496 e. The Kier molecular flexibility index (Phi) is 6.71. The van der Waals surface area contributed by atoms with Crippen LogP contribution in [0.1, 0.15) is 31.2 Å². The first kappa shape index (κ1) is 19.9. The summed E-state index contributed by atoms with van der Waals surface area (Å²) in [6, 6.07) is 10.3. The van der Waals surface area contributed by atoms with Crippen molar-refractivity contribution in [3.63, 3.8) is 0 Å². The molecule has 1 heterocycles. The number of methoxy groups -OCH3 is 1. The highest BCUT2D eigenvalue weighted by molar-refractivity contribution is 5.66. The highest BCUT2D eigenvalue weighted by Gasteiger charge is 2.21. The molecule has 1 aromatic carbocycles. The van der Waals surface area contributed by atoms with Gasteiger partial charge in [-0.15, -0.1) is 0 Å². The van der Waals surface area contributed by atoms with Crippen molar-refractivity contribution in [3.8, 4) is 16.9 Å². The topological polar surface area (TPSA) is 110 Å². The summed E-state index contributed by atoms with van der Waals surface area (Å²) in [5.74, 6) is 1.80. The second-order valence-corrected chi connectivity index (χ2v) is 7.28. The molecule has 2 aromatic rings. The summed E-state index contributed by atoms with van der Waals surface area (Å²) >= 11 is 0. The van der Waals surface area contributed by atoms with Gasteiger partial charge in [-0.1, -0.05) is 6.07 Å². The molecule has 0 aliphatic heterocycles. The molecular weight excluding hydrogens is 356 g/mol. The predicted octanol–water partition coefficient (Wildman–Crippen LogP) is 3.26. The molecule has 0 radical (unpaired) electrons. The van der Waals surface area contributed by atoms with E-state index in [1.807, 2.05) is 18.2 Å². The van der Waals surface area contributed by atoms with Crippen LogP contribution in [0.25, 0.3) is 11.1 Å². The number of anilines is 1. The van der Waals surface area contributed by atoms with Crippen LogP contribution in [0.4, 0.5) is 10.6 Å². The van der Waals surface area contributed by atoms with Crippen molar-refractivity contribution in [1.82, 2.24) is 15.6 Å². The largest absolute Gasteiger partial charge is 0.496 e. The molecule has 7 heteroatoms. The van der Waals surface area contributed by atoms with E-state index in [1.165, 1.54) is 0 Å². The predicted molar refractivity (Wildman–Crippen MR) is 109 cm³/mol. The number of nitrogens with zero attached hydrogens (tertiary/aromatic N) is 1. The molecule has 0 unspecified atom stereocenters. The first-order chi connectivity index (χ1) is 13.5. The molecule has 5 N–H and O–H groups in total. The SMILES string of the molecule is COc1ccc(-c2ccc(N)nc2)cc1CNC1CCC(CNC(=O)O)CC1. The number of hydrogen-bond donors (Lipinski definition) is 4. The van der Waals surface area contributed by atoms with Crippen LogP contribution in [0.3, 0.4) is 0 Å². The van der Waals surface area contributed by atoms with Crippen molar-refractivity contribution < 1.29 is 14.6 Å². The Balaban J connectivity index is 1.58. The molecule has 0 atom stereocenters. The first-order valence-corrected chi connectivity index (χ1v) is 9.64. The number of ether oxygens (including phenoxy) is 1. The van der Waals surface area contributed by atoms with Crippen molar-refractivity contribution in [2.24, 2.45) is 5.92 Å². The summed E-state index contributed by atoms with van der Waals surface area (Å²) < 4.78 is 5.53. The van der Waals surface area contributed by atoms with Crippen LogP contribution in [-0.4, -0.2) is 35.9 Å². The van der Waals surface area contributed by atoms with Crippen LogP contribution < -0.4 is 21.1 Å². The van der Waals surface area contributed by atoms with E-state index in [2.05, 4.69) is 21.7 Å². The lowest BCUT2D eigenvalue weighted by Gasteiger charge is -2.29. The van der Waals surface area contributed by atoms with Gasteiger partial charge in [-0.05, 0) is 61.4 Å². The normalized spacial score (nSPS) is 19.2. The van der Waals surface area contributed by atoms with Crippen LogP contribution in [0.2, 0.25) is 0 Å². The summed E-state index contributed by atoms with van der Waals surface area (Å²) in [6.07, 6.45) is 5.01. The van der Waals surface area contributed by atoms with Crippen molar-refractivity contribution >= 4 is 11.9 Å². The summed E-state index contributed by atoms with van der Waals surface area (Å²) in [7, 11) is 1.68. The third-order valence-electron chi connectivity index (χ3n) is 5.37. The fraction of sp³-hybridized carbons (Fsp3) is 0.429. The number of hydrogen-bond acceptors (Lipinski definition) is 5. The summed E-state index contributed by atoms with van der Waals surface area (Å²) in [5.41, 5.74) is 8.88. The van der Waals surface area contributed by atoms with E-state index in [1.54, 1.807) is 19.4 Å². The molecule has 7 nitrogen and oxygen atoms in total. The number of nitrogens with two attached hydrogens (primary N) is 1. The first-order valence-electron chi connectivity index (χ1n) is 9.64. The Bertz CT molecular complexity index is 787. The van der Waals surface area contributed by atoms with Gasteiger partial charge in [0, 0.05) is 36.5 Å². The zero-order valence-corrected chi connectivity index (χ0v) is 16.1. The Labute approximate surface area is 165 Å². The Morgan fingerprint density at radius 2 is 1.96 bits per heavy atom. The summed E-state index contributed by atoms with van der Waals surface area (Å²) in [6.45, 7) is 1.27. The highest BCUT2D eigenvalue weighted by Crippen LogP contribution is 2.28. The zero-order valence-electron chi connectivity index (χ0n) is 16.1. The van der Waals surface area contributed by atoms with E-state index in [0.717, 1.165) is 54.7 Å². The van der Waals surface area contributed by atoms with Crippen molar-refractivity contribution in [1.29, 1.82) is 0 Å². The molecule has 0 bridgehead atoms. The van der Waals surface area contributed by atoms with Crippen LogP contribution >= 0.6 is 0 Å². The molecule has 1 aliphatic carbocycles. The Hall–Kier alpha value is -2.80. The van der Waals surface area contributed by atoms with E-state index in [-0.39, 0.29) is 0 Å². The smallest absolute Gasteiger partial charge is 0.404 e. The summed E-state index contributed by atoms with van der Waals surface area (Å²) in [5, 5.41) is 14.9. The van der Waals surface area contributed by atoms with E-state index in [0.29, 0.717) is 24.3 Å². The molecule has 1 fully saturated rings. The third kappa shape index (κ3) is 5.36. The van der Waals surface area contributed by atoms with E-state index in [4.69, 9.17) is 15.6 Å². The lowest BCUT2D eigenvalue weighted by molar-refractivity contribution is 0.189. The molecule has 1 aliphatic rings. The van der Waals surface area contributed by atoms with Gasteiger partial charge < -0.3 is 26.2 Å². The molecule has 1 amide bonds. The highest BCUT2D eigenvalue weighted by atomic mass is 16.5. The van der Waals surface area contributed by atoms with Gasteiger partial charge in [0.2, 0.25) is 0 Å². The Morgan fingerprint density at radius 1 is 1.21 bits per heavy atom. The average Bonchev–Trinajstić information content (AvgIpc) is 2.72. The maximum absolute atomic E-state index is 10.6. The van der Waals surface area contributed by atoms with Gasteiger partial charge in [0.15, 0.2) is 0 Å². The minimum atomic E-state index is -0.941. The maximum Gasteiger partial charge on any atom is 0.404 e. The number of amides is 1. The van der Waals surface area contributed by atoms with Gasteiger partial charge >= 0.3 is 6.09 Å². The standard InChI is InChI=1S/C21H28N4O3/c1-28-19-8-4-15(16-5-9-20(22)24-12-16)10-17(19)13-23-18-6-2-14(3-7-18)11-25-21(26)27/h4-5,8-10,12,14,18,23,25H,2-3,6-7,11,13H2,1H3,(H2,22,24)(H,26,27). The number of carbonyl (C=O) groups is 1. The van der Waals surface area contributed by atoms with E-state index < -0.39 is 6.09 Å². The van der Waals surface area contributed by atoms with Crippen molar-refractivity contribution in [2.45, 2.75) is 38.3 Å². The third-order valence-corrected chi connectivity index (χ3v) is 5.37. The van der Waals surface area contributed by atoms with Gasteiger partial charge in [0.25, 0.3) is 0 Å². The molecule has 0 spiro atoms. The Morgan fingerprint density at radius 3 is 2.61 bits per heavy atom. The monoisotopic (exact) mass is 384 g/mol. The fourth-order valence-electron chi connectivity index (χ4n) is 3.73. The van der Waals surface area contributed by atoms with Gasteiger partial charge in [-0.3, -0.25) is 0 Å². The molecular formula is C21H28N4O3. The lowest BCUT2D eigenvalue weighted by Crippen LogP contribution is -2.36. The number of benzene rings is 1. The van der Waals surface area contributed by atoms with E-state index in [9.17, 15) is 4.79 Å². The average molecular weight is 384 g/mol. The summed E-state index contributed by atoms with van der Waals surface area (Å²) in [4.78, 5) is 14.8. The number of carboxylic acid groups (broad SMARTS) is 1. The molecule has 1 saturated carbocycles. The van der Waals surface area contributed by atoms with Crippen molar-refractivity contribution in [2.75, 3.05) is 19.4 Å². The van der Waals surface area contributed by atoms with E-state index >= 15 is 0 Å². The quantitative estimate of drug-likeness (QED) is 0.583. The lowest BCUT2D eigenvalue weighted by atomic mass is 9.86. The molecule has 28 heavy (non-hydrogen) atoms. The number of nitrogen functional groups attached to an aromatic ring is 1. The van der Waals surface area contributed by atoms with Gasteiger partial charge in [0.1, 0.15) is 11.6 Å². The van der Waals surface area contributed by atoms with Crippen LogP contribution in [0, 0.1) is 5.92 Å². The maximum atomic E-state index is 10.6. The number of pyridine rings is 1. The molecule has 150 valence electrons. The van der Waals surface area contributed by atoms with Crippen LogP contribution in [0.5, 0.6) is 5.75 Å². The second kappa shape index (κ2) is 9.41. The number of aromatic nitrogens is 1. The number of nitrogens with one attached hydrogen (secondary N) is 2. The van der Waals surface area contributed by atoms with Gasteiger partial charge in [-0.25, -0.2) is 9.78 Å². The van der Waals surface area contributed by atoms with Crippen molar-refractivity contribution in [3.05, 3.63) is 42.1 Å². The molecule has 0 saturated heterocycles. The van der Waals surface area contributed by atoms with Gasteiger partial charge in [-0.2, -0.15) is 0 Å². The molecule has 1 aromatic heterocycles. The molecule has 3 rings (SSSR count). The minimum absolute atomic E-state index is 0.435. The van der Waals surface area contributed by atoms with Crippen LogP contribution in [0.15, 0.2) is 36.5 Å². The fourth-order valence-corrected chi connectivity index (χ4v) is 3.73.